The lowest BCUT2D eigenvalue weighted by atomic mass is 10.2. The fourth-order valence-electron chi connectivity index (χ4n) is 2.09. The summed E-state index contributed by atoms with van der Waals surface area (Å²) in [5.74, 6) is -0.0970. The number of amides is 1. The van der Waals surface area contributed by atoms with E-state index in [9.17, 15) is 9.18 Å². The molecule has 25 heavy (non-hydrogen) atoms. The smallest absolute Gasteiger partial charge is 0.246 e. The first kappa shape index (κ1) is 16.6. The van der Waals surface area contributed by atoms with Gasteiger partial charge in [-0.15, -0.1) is 0 Å². The number of hydrogen-bond donors (Lipinski definition) is 1. The SMILES string of the molecule is CCn1cc(-c2noc(CNC(=O)C=Cc3ccccc3F)n2)cn1. The zero-order valence-electron chi connectivity index (χ0n) is 13.5. The van der Waals surface area contributed by atoms with Crippen LogP contribution >= 0.6 is 0 Å². The second-order valence-electron chi connectivity index (χ2n) is 5.17. The molecule has 128 valence electrons. The van der Waals surface area contributed by atoms with E-state index in [2.05, 4.69) is 20.6 Å². The van der Waals surface area contributed by atoms with Gasteiger partial charge in [0.1, 0.15) is 5.82 Å². The Kier molecular flexibility index (Phi) is 4.98. The lowest BCUT2D eigenvalue weighted by Gasteiger charge is -1.97. The highest BCUT2D eigenvalue weighted by molar-refractivity contribution is 5.91. The van der Waals surface area contributed by atoms with Crippen molar-refractivity contribution in [2.75, 3.05) is 0 Å². The van der Waals surface area contributed by atoms with Crippen LogP contribution < -0.4 is 5.32 Å². The minimum Gasteiger partial charge on any atom is -0.343 e. The van der Waals surface area contributed by atoms with Crippen LogP contribution in [-0.4, -0.2) is 25.8 Å². The molecule has 3 rings (SSSR count). The normalized spacial score (nSPS) is 11.1. The summed E-state index contributed by atoms with van der Waals surface area (Å²) in [6.07, 6.45) is 6.11. The highest BCUT2D eigenvalue weighted by Gasteiger charge is 2.11. The second kappa shape index (κ2) is 7.52. The van der Waals surface area contributed by atoms with Crippen LogP contribution in [0.25, 0.3) is 17.5 Å². The van der Waals surface area contributed by atoms with Crippen LogP contribution in [0.1, 0.15) is 18.4 Å². The molecule has 3 aromatic rings. The van der Waals surface area contributed by atoms with Crippen molar-refractivity contribution in [3.63, 3.8) is 0 Å². The lowest BCUT2D eigenvalue weighted by molar-refractivity contribution is -0.116. The third-order valence-electron chi connectivity index (χ3n) is 3.42. The number of benzene rings is 1. The summed E-state index contributed by atoms with van der Waals surface area (Å²) in [7, 11) is 0. The van der Waals surface area contributed by atoms with E-state index in [1.54, 1.807) is 29.1 Å². The van der Waals surface area contributed by atoms with E-state index < -0.39 is 0 Å². The highest BCUT2D eigenvalue weighted by atomic mass is 19.1. The molecule has 8 heteroatoms. The van der Waals surface area contributed by atoms with E-state index >= 15 is 0 Å². The molecule has 0 aliphatic heterocycles. The van der Waals surface area contributed by atoms with Crippen molar-refractivity contribution in [3.05, 3.63) is 60.0 Å². The molecule has 2 aromatic heterocycles. The predicted molar refractivity (Wildman–Crippen MR) is 88.5 cm³/mol. The van der Waals surface area contributed by atoms with Gasteiger partial charge in [0.15, 0.2) is 0 Å². The van der Waals surface area contributed by atoms with Gasteiger partial charge in [-0.05, 0) is 19.1 Å². The van der Waals surface area contributed by atoms with E-state index in [1.807, 2.05) is 13.1 Å². The van der Waals surface area contributed by atoms with Crippen LogP contribution in [-0.2, 0) is 17.9 Å². The van der Waals surface area contributed by atoms with Crippen molar-refractivity contribution < 1.29 is 13.7 Å². The molecule has 1 N–H and O–H groups in total. The first-order valence-electron chi connectivity index (χ1n) is 7.71. The minimum absolute atomic E-state index is 0.0787. The second-order valence-corrected chi connectivity index (χ2v) is 5.17. The topological polar surface area (TPSA) is 85.8 Å². The van der Waals surface area contributed by atoms with Crippen molar-refractivity contribution in [1.82, 2.24) is 25.2 Å². The van der Waals surface area contributed by atoms with Crippen LogP contribution in [0.4, 0.5) is 4.39 Å². The fraction of sp³-hybridized carbons (Fsp3) is 0.176. The summed E-state index contributed by atoms with van der Waals surface area (Å²) in [6, 6.07) is 6.20. The van der Waals surface area contributed by atoms with Crippen LogP contribution in [0, 0.1) is 5.82 Å². The maximum atomic E-state index is 13.5. The minimum atomic E-state index is -0.388. The predicted octanol–water partition coefficient (Wildman–Crippen LogP) is 2.42. The summed E-state index contributed by atoms with van der Waals surface area (Å²) in [5.41, 5.74) is 1.08. The van der Waals surface area contributed by atoms with Gasteiger partial charge in [-0.2, -0.15) is 10.1 Å². The summed E-state index contributed by atoms with van der Waals surface area (Å²) < 4.78 is 20.3. The number of carbonyl (C=O) groups is 1. The average Bonchev–Trinajstić information content (AvgIpc) is 3.28. The molecule has 1 amide bonds. The van der Waals surface area contributed by atoms with Gasteiger partial charge in [0.05, 0.1) is 18.3 Å². The maximum absolute atomic E-state index is 13.5. The molecule has 0 spiro atoms. The Morgan fingerprint density at radius 3 is 3.00 bits per heavy atom. The van der Waals surface area contributed by atoms with Gasteiger partial charge in [0, 0.05) is 24.4 Å². The first-order chi connectivity index (χ1) is 12.2. The Morgan fingerprint density at radius 2 is 2.24 bits per heavy atom. The number of carbonyl (C=O) groups excluding carboxylic acids is 1. The van der Waals surface area contributed by atoms with E-state index in [0.717, 1.165) is 12.1 Å². The first-order valence-corrected chi connectivity index (χ1v) is 7.71. The number of nitrogens with zero attached hydrogens (tertiary/aromatic N) is 4. The fourth-order valence-corrected chi connectivity index (χ4v) is 2.09. The average molecular weight is 341 g/mol. The van der Waals surface area contributed by atoms with Gasteiger partial charge in [-0.3, -0.25) is 9.48 Å². The Bertz CT molecular complexity index is 900. The number of hydrogen-bond acceptors (Lipinski definition) is 5. The molecule has 2 heterocycles. The molecule has 0 saturated carbocycles. The standard InChI is InChI=1S/C17H16FN5O2/c1-2-23-11-13(9-20-23)17-21-16(25-22-17)10-19-15(24)8-7-12-5-3-4-6-14(12)18/h3-9,11H,2,10H2,1H3,(H,19,24). The van der Waals surface area contributed by atoms with Crippen LogP contribution in [0.15, 0.2) is 47.3 Å². The molecule has 0 fully saturated rings. The summed E-state index contributed by atoms with van der Waals surface area (Å²) in [5, 5.41) is 10.6. The summed E-state index contributed by atoms with van der Waals surface area (Å²) in [4.78, 5) is 16.0. The molecular weight excluding hydrogens is 325 g/mol. The van der Waals surface area contributed by atoms with Crippen molar-refractivity contribution >= 4 is 12.0 Å². The molecule has 0 bridgehead atoms. The van der Waals surface area contributed by atoms with Gasteiger partial charge < -0.3 is 9.84 Å². The molecule has 1 aromatic carbocycles. The quantitative estimate of drug-likeness (QED) is 0.696. The Labute approximate surface area is 143 Å². The summed E-state index contributed by atoms with van der Waals surface area (Å²) in [6.45, 7) is 2.80. The molecule has 0 saturated heterocycles. The Balaban J connectivity index is 1.57. The maximum Gasteiger partial charge on any atom is 0.246 e. The molecule has 0 radical (unpaired) electrons. The molecule has 0 atom stereocenters. The third-order valence-corrected chi connectivity index (χ3v) is 3.42. The Morgan fingerprint density at radius 1 is 1.40 bits per heavy atom. The molecular formula is C17H16FN5O2. The highest BCUT2D eigenvalue weighted by Crippen LogP contribution is 2.14. The van der Waals surface area contributed by atoms with Gasteiger partial charge in [-0.1, -0.05) is 23.4 Å². The molecule has 7 nitrogen and oxygen atoms in total. The van der Waals surface area contributed by atoms with Gasteiger partial charge >= 0.3 is 0 Å². The molecule has 0 unspecified atom stereocenters. The van der Waals surface area contributed by atoms with E-state index in [-0.39, 0.29) is 24.2 Å². The molecule has 0 aliphatic rings. The third kappa shape index (κ3) is 4.17. The zero-order chi connectivity index (χ0) is 17.6. The number of halogens is 1. The van der Waals surface area contributed by atoms with E-state index in [4.69, 9.17) is 4.52 Å². The van der Waals surface area contributed by atoms with Crippen molar-refractivity contribution in [2.45, 2.75) is 20.0 Å². The number of nitrogens with one attached hydrogen (secondary N) is 1. The summed E-state index contributed by atoms with van der Waals surface area (Å²) >= 11 is 0. The van der Waals surface area contributed by atoms with Gasteiger partial charge in [0.2, 0.25) is 17.6 Å². The van der Waals surface area contributed by atoms with Crippen LogP contribution in [0.3, 0.4) is 0 Å². The van der Waals surface area contributed by atoms with Crippen molar-refractivity contribution in [1.29, 1.82) is 0 Å². The number of aryl methyl sites for hydroxylation is 1. The molecule has 0 aliphatic carbocycles. The van der Waals surface area contributed by atoms with E-state index in [1.165, 1.54) is 18.2 Å². The largest absolute Gasteiger partial charge is 0.343 e. The monoisotopic (exact) mass is 341 g/mol. The van der Waals surface area contributed by atoms with Crippen LogP contribution in [0.2, 0.25) is 0 Å². The lowest BCUT2D eigenvalue weighted by Crippen LogP contribution is -2.20. The van der Waals surface area contributed by atoms with Crippen molar-refractivity contribution in [2.24, 2.45) is 0 Å². The van der Waals surface area contributed by atoms with Crippen molar-refractivity contribution in [3.8, 4) is 11.4 Å². The number of aromatic nitrogens is 4. The zero-order valence-corrected chi connectivity index (χ0v) is 13.5. The number of rotatable bonds is 6. The van der Waals surface area contributed by atoms with Gasteiger partial charge in [-0.25, -0.2) is 4.39 Å². The van der Waals surface area contributed by atoms with Gasteiger partial charge in [0.25, 0.3) is 0 Å². The van der Waals surface area contributed by atoms with Crippen LogP contribution in [0.5, 0.6) is 0 Å². The van der Waals surface area contributed by atoms with E-state index in [0.29, 0.717) is 11.4 Å². The Hall–Kier alpha value is -3.29.